The molecule has 3 atom stereocenters. The van der Waals surface area contributed by atoms with E-state index in [9.17, 15) is 18.8 Å². The highest BCUT2D eigenvalue weighted by atomic mass is 19.1. The van der Waals surface area contributed by atoms with Gasteiger partial charge in [-0.1, -0.05) is 5.16 Å². The Morgan fingerprint density at radius 3 is 2.65 bits per heavy atom. The lowest BCUT2D eigenvalue weighted by Crippen LogP contribution is -2.51. The van der Waals surface area contributed by atoms with Gasteiger partial charge in [-0.15, -0.1) is 0 Å². The first-order valence-electron chi connectivity index (χ1n) is 12.4. The number of aromatic amines is 1. The summed E-state index contributed by atoms with van der Waals surface area (Å²) in [4.78, 5) is 48.4. The van der Waals surface area contributed by atoms with Crippen molar-refractivity contribution >= 4 is 17.7 Å². The van der Waals surface area contributed by atoms with Crippen LogP contribution in [0.5, 0.6) is 0 Å². The van der Waals surface area contributed by atoms with Gasteiger partial charge in [-0.2, -0.15) is 0 Å². The number of aryl methyl sites for hydroxylation is 1. The van der Waals surface area contributed by atoms with Crippen LogP contribution in [-0.4, -0.2) is 56.4 Å². The minimum Gasteiger partial charge on any atom is -0.361 e. The number of imidazole rings is 1. The number of aromatic nitrogens is 3. The molecule has 37 heavy (non-hydrogen) atoms. The molecule has 1 aliphatic rings. The number of benzene rings is 1. The first-order chi connectivity index (χ1) is 17.7. The van der Waals surface area contributed by atoms with Gasteiger partial charge in [-0.25, -0.2) is 9.37 Å². The van der Waals surface area contributed by atoms with Crippen molar-refractivity contribution in [3.05, 3.63) is 59.6 Å². The Labute approximate surface area is 214 Å². The summed E-state index contributed by atoms with van der Waals surface area (Å²) in [7, 11) is 0. The van der Waals surface area contributed by atoms with Gasteiger partial charge in [0.15, 0.2) is 5.69 Å². The fraction of sp³-hybridized carbons (Fsp3) is 0.423. The predicted octanol–water partition coefficient (Wildman–Crippen LogP) is 3.28. The molecule has 1 saturated heterocycles. The zero-order chi connectivity index (χ0) is 26.5. The number of halogens is 1. The van der Waals surface area contributed by atoms with Crippen LogP contribution in [0.25, 0.3) is 11.3 Å². The first kappa shape index (κ1) is 26.1. The Kier molecular flexibility index (Phi) is 8.00. The summed E-state index contributed by atoms with van der Waals surface area (Å²) in [5.41, 5.74) is 1.43. The maximum absolute atomic E-state index is 13.3. The van der Waals surface area contributed by atoms with E-state index in [0.717, 1.165) is 24.8 Å². The molecule has 0 bridgehead atoms. The molecule has 4 rings (SSSR count). The fourth-order valence-electron chi connectivity index (χ4n) is 4.39. The van der Waals surface area contributed by atoms with E-state index in [1.54, 1.807) is 37.1 Å². The van der Waals surface area contributed by atoms with Crippen molar-refractivity contribution in [2.45, 2.75) is 64.6 Å². The molecule has 196 valence electrons. The van der Waals surface area contributed by atoms with Gasteiger partial charge in [0.1, 0.15) is 23.4 Å². The van der Waals surface area contributed by atoms with Crippen molar-refractivity contribution in [1.82, 2.24) is 30.7 Å². The number of likely N-dealkylation sites (tertiary alicyclic amines) is 1. The minimum atomic E-state index is -1.12. The summed E-state index contributed by atoms with van der Waals surface area (Å²) in [5, 5.41) is 9.17. The number of hydrogen-bond acceptors (Lipinski definition) is 6. The lowest BCUT2D eigenvalue weighted by atomic mass is 10.0. The molecule has 2 aromatic heterocycles. The number of amides is 3. The number of carbonyl (C=O) groups is 3. The highest BCUT2D eigenvalue weighted by Crippen LogP contribution is 2.21. The van der Waals surface area contributed by atoms with Crippen LogP contribution < -0.4 is 10.6 Å². The van der Waals surface area contributed by atoms with Gasteiger partial charge in [0.05, 0.1) is 24.4 Å². The monoisotopic (exact) mass is 510 g/mol. The highest BCUT2D eigenvalue weighted by Gasteiger charge is 2.31. The van der Waals surface area contributed by atoms with Gasteiger partial charge in [0, 0.05) is 18.7 Å². The van der Waals surface area contributed by atoms with Crippen molar-refractivity contribution in [3.8, 4) is 11.3 Å². The van der Waals surface area contributed by atoms with Gasteiger partial charge < -0.3 is 25.0 Å². The second-order valence-electron chi connectivity index (χ2n) is 9.40. The number of piperidine rings is 1. The third-order valence-electron chi connectivity index (χ3n) is 6.50. The Bertz CT molecular complexity index is 1250. The van der Waals surface area contributed by atoms with Crippen molar-refractivity contribution in [3.63, 3.8) is 0 Å². The number of H-pyrrole nitrogens is 1. The second-order valence-corrected chi connectivity index (χ2v) is 9.40. The molecule has 0 aliphatic carbocycles. The van der Waals surface area contributed by atoms with E-state index in [-0.39, 0.29) is 29.9 Å². The van der Waals surface area contributed by atoms with Crippen LogP contribution in [-0.2, 0) is 9.59 Å². The van der Waals surface area contributed by atoms with Crippen LogP contribution >= 0.6 is 0 Å². The zero-order valence-corrected chi connectivity index (χ0v) is 21.1. The minimum absolute atomic E-state index is 0.0251. The second kappa shape index (κ2) is 11.4. The summed E-state index contributed by atoms with van der Waals surface area (Å²) < 4.78 is 18.2. The third kappa shape index (κ3) is 6.41. The standard InChI is InChI=1S/C26H31FN6O4/c1-15-6-4-5-11-33(15)23(34)13-20(31-26(36)21-12-16(2)37-32-21)25(35)29-17(3)24-28-14-22(30-24)18-7-9-19(27)10-8-18/h7-10,12,14-15,17,20H,4-6,11,13H2,1-3H3,(H,28,30)(H,29,35)(H,31,36)/t15-,17?,20?/m0/s1. The van der Waals surface area contributed by atoms with E-state index in [2.05, 4.69) is 25.8 Å². The lowest BCUT2D eigenvalue weighted by molar-refractivity contribution is -0.137. The SMILES string of the molecule is Cc1cc(C(=O)NC(CC(=O)N2CCCC[C@@H]2C)C(=O)NC(C)c2ncc(-c3ccc(F)cc3)[nH]2)no1. The van der Waals surface area contributed by atoms with Crippen LogP contribution in [0, 0.1) is 12.7 Å². The Hall–Kier alpha value is -4.02. The lowest BCUT2D eigenvalue weighted by Gasteiger charge is -2.34. The number of carbonyl (C=O) groups excluding carboxylic acids is 3. The molecule has 1 aromatic carbocycles. The third-order valence-corrected chi connectivity index (χ3v) is 6.50. The predicted molar refractivity (Wildman–Crippen MR) is 133 cm³/mol. The average Bonchev–Trinajstić information content (AvgIpc) is 3.54. The topological polar surface area (TPSA) is 133 Å². The number of rotatable bonds is 8. The zero-order valence-electron chi connectivity index (χ0n) is 21.1. The van der Waals surface area contributed by atoms with E-state index >= 15 is 0 Å². The van der Waals surface area contributed by atoms with E-state index in [1.165, 1.54) is 18.2 Å². The van der Waals surface area contributed by atoms with Gasteiger partial charge >= 0.3 is 0 Å². The Morgan fingerprint density at radius 1 is 1.22 bits per heavy atom. The largest absolute Gasteiger partial charge is 0.361 e. The Balaban J connectivity index is 1.47. The summed E-state index contributed by atoms with van der Waals surface area (Å²) in [5.74, 6) is -0.757. The molecule has 10 nitrogen and oxygen atoms in total. The molecular formula is C26H31FN6O4. The van der Waals surface area contributed by atoms with Crippen LogP contribution in [0.1, 0.15) is 67.6 Å². The number of nitrogens with one attached hydrogen (secondary N) is 3. The van der Waals surface area contributed by atoms with Crippen molar-refractivity contribution < 1.29 is 23.3 Å². The maximum atomic E-state index is 13.3. The van der Waals surface area contributed by atoms with E-state index in [4.69, 9.17) is 4.52 Å². The number of hydrogen-bond donors (Lipinski definition) is 3. The van der Waals surface area contributed by atoms with Gasteiger partial charge in [-0.05, 0) is 69.9 Å². The molecule has 0 spiro atoms. The van der Waals surface area contributed by atoms with Crippen molar-refractivity contribution in [2.24, 2.45) is 0 Å². The normalized spacial score (nSPS) is 17.2. The van der Waals surface area contributed by atoms with Crippen LogP contribution in [0.4, 0.5) is 4.39 Å². The highest BCUT2D eigenvalue weighted by molar-refractivity contribution is 5.97. The van der Waals surface area contributed by atoms with Crippen LogP contribution in [0.15, 0.2) is 41.1 Å². The molecule has 1 aliphatic heterocycles. The molecule has 3 aromatic rings. The Morgan fingerprint density at radius 2 is 1.97 bits per heavy atom. The van der Waals surface area contributed by atoms with Gasteiger partial charge in [-0.3, -0.25) is 14.4 Å². The van der Waals surface area contributed by atoms with E-state index < -0.39 is 23.9 Å². The molecule has 0 radical (unpaired) electrons. The van der Waals surface area contributed by atoms with Crippen LogP contribution in [0.3, 0.4) is 0 Å². The molecular weight excluding hydrogens is 479 g/mol. The molecule has 3 N–H and O–H groups in total. The maximum Gasteiger partial charge on any atom is 0.274 e. The molecule has 2 unspecified atom stereocenters. The van der Waals surface area contributed by atoms with E-state index in [0.29, 0.717) is 23.8 Å². The fourth-order valence-corrected chi connectivity index (χ4v) is 4.39. The summed E-state index contributed by atoms with van der Waals surface area (Å²) in [6.07, 6.45) is 4.27. The molecule has 0 saturated carbocycles. The van der Waals surface area contributed by atoms with Crippen molar-refractivity contribution in [2.75, 3.05) is 6.54 Å². The van der Waals surface area contributed by atoms with Crippen LogP contribution in [0.2, 0.25) is 0 Å². The quantitative estimate of drug-likeness (QED) is 0.426. The summed E-state index contributed by atoms with van der Waals surface area (Å²) in [6, 6.07) is 5.81. The molecule has 1 fully saturated rings. The molecule has 3 amide bonds. The summed E-state index contributed by atoms with van der Waals surface area (Å²) >= 11 is 0. The van der Waals surface area contributed by atoms with Crippen molar-refractivity contribution in [1.29, 1.82) is 0 Å². The summed E-state index contributed by atoms with van der Waals surface area (Å²) in [6.45, 7) is 6.00. The molecule has 3 heterocycles. The van der Waals surface area contributed by atoms with E-state index in [1.807, 2.05) is 6.92 Å². The molecule has 11 heteroatoms. The van der Waals surface area contributed by atoms with Gasteiger partial charge in [0.25, 0.3) is 5.91 Å². The van der Waals surface area contributed by atoms with Gasteiger partial charge in [0.2, 0.25) is 11.8 Å². The average molecular weight is 511 g/mol. The first-order valence-corrected chi connectivity index (χ1v) is 12.4. The number of nitrogens with zero attached hydrogens (tertiary/aromatic N) is 3. The smallest absolute Gasteiger partial charge is 0.274 e.